The van der Waals surface area contributed by atoms with Crippen molar-refractivity contribution in [2.75, 3.05) is 5.32 Å². The minimum Gasteiger partial charge on any atom is -0.452 e. The summed E-state index contributed by atoms with van der Waals surface area (Å²) >= 11 is 1.32. The molecule has 0 spiro atoms. The van der Waals surface area contributed by atoms with Gasteiger partial charge < -0.3 is 15.8 Å². The van der Waals surface area contributed by atoms with Crippen LogP contribution in [-0.2, 0) is 33.6 Å². The molecule has 3 N–H and O–H groups in total. The van der Waals surface area contributed by atoms with E-state index in [9.17, 15) is 18.8 Å². The number of carbonyl (C=O) groups is 3. The van der Waals surface area contributed by atoms with Crippen LogP contribution in [-0.4, -0.2) is 23.9 Å². The standard InChI is InChI=1S/C19H19FN2O4S/c1-10(26-15(23)9-11-5-2-3-7-13(11)20)18(25)22-19-16(17(21)24)12-6-4-8-14(12)27-19/h2-3,5,7,10H,4,6,8-9H2,1H3,(H2,21,24)(H,22,25)/t10-/m1/s1. The summed E-state index contributed by atoms with van der Waals surface area (Å²) in [5.74, 6) is -2.38. The lowest BCUT2D eigenvalue weighted by atomic mass is 10.1. The molecule has 0 saturated heterocycles. The van der Waals surface area contributed by atoms with Gasteiger partial charge in [-0.15, -0.1) is 11.3 Å². The molecule has 0 radical (unpaired) electrons. The molecule has 2 amide bonds. The van der Waals surface area contributed by atoms with E-state index in [1.165, 1.54) is 36.5 Å². The Morgan fingerprint density at radius 1 is 1.30 bits per heavy atom. The van der Waals surface area contributed by atoms with Gasteiger partial charge in [-0.3, -0.25) is 14.4 Å². The molecule has 1 aromatic carbocycles. The number of halogens is 1. The Bertz CT molecular complexity index is 909. The van der Waals surface area contributed by atoms with Gasteiger partial charge in [-0.1, -0.05) is 18.2 Å². The maximum atomic E-state index is 13.6. The van der Waals surface area contributed by atoms with Gasteiger partial charge in [-0.05, 0) is 43.4 Å². The quantitative estimate of drug-likeness (QED) is 0.741. The fraction of sp³-hybridized carbons (Fsp3) is 0.316. The first-order chi connectivity index (χ1) is 12.9. The summed E-state index contributed by atoms with van der Waals surface area (Å²) in [6.45, 7) is 1.42. The number of amides is 2. The molecule has 1 aliphatic rings. The van der Waals surface area contributed by atoms with Crippen molar-refractivity contribution in [2.45, 2.75) is 38.7 Å². The van der Waals surface area contributed by atoms with Gasteiger partial charge in [-0.2, -0.15) is 0 Å². The number of nitrogens with one attached hydrogen (secondary N) is 1. The molecular weight excluding hydrogens is 371 g/mol. The first-order valence-corrected chi connectivity index (χ1v) is 9.36. The highest BCUT2D eigenvalue weighted by atomic mass is 32.1. The van der Waals surface area contributed by atoms with Gasteiger partial charge in [0.25, 0.3) is 11.8 Å². The highest BCUT2D eigenvalue weighted by Crippen LogP contribution is 2.38. The molecule has 1 atom stereocenters. The van der Waals surface area contributed by atoms with Crippen molar-refractivity contribution < 1.29 is 23.5 Å². The smallest absolute Gasteiger partial charge is 0.311 e. The van der Waals surface area contributed by atoms with Crippen LogP contribution in [0.25, 0.3) is 0 Å². The SMILES string of the molecule is C[C@@H](OC(=O)Cc1ccccc1F)C(=O)Nc1sc2c(c1C(N)=O)CCC2. The monoisotopic (exact) mass is 390 g/mol. The second kappa shape index (κ2) is 7.87. The van der Waals surface area contributed by atoms with E-state index in [0.717, 1.165) is 29.7 Å². The molecule has 0 aliphatic heterocycles. The zero-order valence-corrected chi connectivity index (χ0v) is 15.5. The molecule has 0 bridgehead atoms. The zero-order valence-electron chi connectivity index (χ0n) is 14.7. The van der Waals surface area contributed by atoms with E-state index in [0.29, 0.717) is 10.6 Å². The number of fused-ring (bicyclic) bond motifs is 1. The summed E-state index contributed by atoms with van der Waals surface area (Å²) in [6, 6.07) is 5.87. The third kappa shape index (κ3) is 4.16. The zero-order chi connectivity index (χ0) is 19.6. The van der Waals surface area contributed by atoms with Crippen molar-refractivity contribution >= 4 is 34.1 Å². The topological polar surface area (TPSA) is 98.5 Å². The van der Waals surface area contributed by atoms with E-state index in [-0.39, 0.29) is 12.0 Å². The largest absolute Gasteiger partial charge is 0.452 e. The van der Waals surface area contributed by atoms with Gasteiger partial charge in [0.05, 0.1) is 12.0 Å². The fourth-order valence-corrected chi connectivity index (χ4v) is 4.35. The summed E-state index contributed by atoms with van der Waals surface area (Å²) in [7, 11) is 0. The first-order valence-electron chi connectivity index (χ1n) is 8.55. The summed E-state index contributed by atoms with van der Waals surface area (Å²) in [5, 5.41) is 3.01. The van der Waals surface area contributed by atoms with Crippen LogP contribution in [0.2, 0.25) is 0 Å². The molecule has 1 aromatic heterocycles. The number of thiophene rings is 1. The molecule has 3 rings (SSSR count). The molecule has 1 aliphatic carbocycles. The predicted octanol–water partition coefficient (Wildman–Crippen LogP) is 2.59. The van der Waals surface area contributed by atoms with Crippen LogP contribution >= 0.6 is 11.3 Å². The average Bonchev–Trinajstić information content (AvgIpc) is 3.16. The number of primary amides is 1. The van der Waals surface area contributed by atoms with Gasteiger partial charge >= 0.3 is 5.97 Å². The number of anilines is 1. The number of rotatable bonds is 6. The van der Waals surface area contributed by atoms with Crippen molar-refractivity contribution in [3.63, 3.8) is 0 Å². The number of hydrogen-bond donors (Lipinski definition) is 2. The van der Waals surface area contributed by atoms with Crippen molar-refractivity contribution in [3.05, 3.63) is 51.7 Å². The van der Waals surface area contributed by atoms with Crippen molar-refractivity contribution in [3.8, 4) is 0 Å². The van der Waals surface area contributed by atoms with Crippen LogP contribution in [0.3, 0.4) is 0 Å². The molecule has 0 fully saturated rings. The summed E-state index contributed by atoms with van der Waals surface area (Å²) in [4.78, 5) is 37.1. The second-order valence-electron chi connectivity index (χ2n) is 6.32. The van der Waals surface area contributed by atoms with Crippen molar-refractivity contribution in [1.82, 2.24) is 0 Å². The van der Waals surface area contributed by atoms with Gasteiger partial charge in [-0.25, -0.2) is 4.39 Å². The lowest BCUT2D eigenvalue weighted by Gasteiger charge is -2.14. The Morgan fingerprint density at radius 3 is 2.74 bits per heavy atom. The number of aryl methyl sites for hydroxylation is 1. The molecule has 6 nitrogen and oxygen atoms in total. The predicted molar refractivity (Wildman–Crippen MR) is 99.1 cm³/mol. The van der Waals surface area contributed by atoms with Crippen LogP contribution in [0.15, 0.2) is 24.3 Å². The Hall–Kier alpha value is -2.74. The number of nitrogens with two attached hydrogens (primary N) is 1. The number of carbonyl (C=O) groups excluding carboxylic acids is 3. The van der Waals surface area contributed by atoms with E-state index in [2.05, 4.69) is 5.32 Å². The molecule has 2 aromatic rings. The summed E-state index contributed by atoms with van der Waals surface area (Å²) < 4.78 is 18.7. The second-order valence-corrected chi connectivity index (χ2v) is 7.42. The van der Waals surface area contributed by atoms with Gasteiger partial charge in [0.15, 0.2) is 6.10 Å². The number of ether oxygens (including phenoxy) is 1. The lowest BCUT2D eigenvalue weighted by Crippen LogP contribution is -2.31. The van der Waals surface area contributed by atoms with Crippen molar-refractivity contribution in [1.29, 1.82) is 0 Å². The third-order valence-corrected chi connectivity index (χ3v) is 5.58. The average molecular weight is 390 g/mol. The van der Waals surface area contributed by atoms with Crippen LogP contribution in [0, 0.1) is 5.82 Å². The van der Waals surface area contributed by atoms with Crippen LogP contribution < -0.4 is 11.1 Å². The van der Waals surface area contributed by atoms with Crippen LogP contribution in [0.4, 0.5) is 9.39 Å². The highest BCUT2D eigenvalue weighted by Gasteiger charge is 2.28. The van der Waals surface area contributed by atoms with Crippen molar-refractivity contribution in [2.24, 2.45) is 5.73 Å². The van der Waals surface area contributed by atoms with E-state index >= 15 is 0 Å². The van der Waals surface area contributed by atoms with E-state index in [4.69, 9.17) is 10.5 Å². The minimum atomic E-state index is -1.10. The molecular formula is C19H19FN2O4S. The van der Waals surface area contributed by atoms with E-state index in [1.54, 1.807) is 6.07 Å². The molecule has 142 valence electrons. The van der Waals surface area contributed by atoms with Crippen LogP contribution in [0.1, 0.15) is 39.7 Å². The van der Waals surface area contributed by atoms with E-state index < -0.39 is 29.7 Å². The summed E-state index contributed by atoms with van der Waals surface area (Å²) in [6.07, 6.45) is 1.20. The number of esters is 1. The Labute approximate surface area is 159 Å². The van der Waals surface area contributed by atoms with Crippen LogP contribution in [0.5, 0.6) is 0 Å². The molecule has 0 unspecified atom stereocenters. The van der Waals surface area contributed by atoms with Gasteiger partial charge in [0, 0.05) is 4.88 Å². The molecule has 0 saturated carbocycles. The molecule has 27 heavy (non-hydrogen) atoms. The highest BCUT2D eigenvalue weighted by molar-refractivity contribution is 7.17. The van der Waals surface area contributed by atoms with Gasteiger partial charge in [0.1, 0.15) is 10.8 Å². The maximum Gasteiger partial charge on any atom is 0.311 e. The first kappa shape index (κ1) is 19.0. The third-order valence-electron chi connectivity index (χ3n) is 4.37. The molecule has 8 heteroatoms. The van der Waals surface area contributed by atoms with E-state index in [1.807, 2.05) is 0 Å². The normalized spacial score (nSPS) is 13.7. The maximum absolute atomic E-state index is 13.6. The Kier molecular flexibility index (Phi) is 5.55. The number of benzene rings is 1. The number of hydrogen-bond acceptors (Lipinski definition) is 5. The summed E-state index contributed by atoms with van der Waals surface area (Å²) in [5.41, 5.74) is 6.89. The fourth-order valence-electron chi connectivity index (χ4n) is 3.06. The van der Waals surface area contributed by atoms with Gasteiger partial charge in [0.2, 0.25) is 0 Å². The lowest BCUT2D eigenvalue weighted by molar-refractivity contribution is -0.152. The molecule has 1 heterocycles. The Balaban J connectivity index is 1.64. The minimum absolute atomic E-state index is 0.195. The Morgan fingerprint density at radius 2 is 2.04 bits per heavy atom.